The summed E-state index contributed by atoms with van der Waals surface area (Å²) in [6.45, 7) is 0. The SMILES string of the molecule is CN1C(C(=O)O)=CS[N+]1=NN. The quantitative estimate of drug-likeness (QED) is 0.249. The molecule has 0 atom stereocenters. The zero-order valence-electron chi connectivity index (χ0n) is 5.76. The first kappa shape index (κ1) is 7.86. The highest BCUT2D eigenvalue weighted by Crippen LogP contribution is 2.22. The van der Waals surface area contributed by atoms with Gasteiger partial charge in [-0.1, -0.05) is 0 Å². The van der Waals surface area contributed by atoms with Gasteiger partial charge in [0.1, 0.15) is 17.2 Å². The molecule has 7 heteroatoms. The second kappa shape index (κ2) is 2.79. The fourth-order valence-corrected chi connectivity index (χ4v) is 1.36. The van der Waals surface area contributed by atoms with Crippen LogP contribution in [-0.2, 0) is 4.79 Å². The molecule has 1 aliphatic heterocycles. The summed E-state index contributed by atoms with van der Waals surface area (Å²) in [5.74, 6) is 3.95. The zero-order valence-corrected chi connectivity index (χ0v) is 6.58. The molecule has 0 aromatic rings. The summed E-state index contributed by atoms with van der Waals surface area (Å²) in [5.41, 5.74) is 0.157. The van der Waals surface area contributed by atoms with E-state index in [4.69, 9.17) is 10.9 Å². The molecule has 1 aliphatic rings. The molecule has 0 amide bonds. The van der Waals surface area contributed by atoms with Crippen LogP contribution >= 0.6 is 11.9 Å². The number of carboxylic acids is 1. The van der Waals surface area contributed by atoms with Crippen LogP contribution in [-0.4, -0.2) is 27.3 Å². The van der Waals surface area contributed by atoms with Gasteiger partial charge in [0.15, 0.2) is 5.70 Å². The van der Waals surface area contributed by atoms with Crippen molar-refractivity contribution in [1.29, 1.82) is 0 Å². The van der Waals surface area contributed by atoms with Crippen molar-refractivity contribution in [2.75, 3.05) is 7.05 Å². The number of carbonyl (C=O) groups is 1. The van der Waals surface area contributed by atoms with Crippen molar-refractivity contribution >= 4 is 17.9 Å². The normalized spacial score (nSPS) is 20.6. The first-order valence-electron chi connectivity index (χ1n) is 2.71. The molecule has 0 aromatic carbocycles. The van der Waals surface area contributed by atoms with Crippen LogP contribution in [0.3, 0.4) is 0 Å². The number of likely N-dealkylation sites (N-methyl/N-ethyl adjacent to an activating group) is 1. The third kappa shape index (κ3) is 1.27. The minimum atomic E-state index is -0.994. The van der Waals surface area contributed by atoms with Crippen LogP contribution in [0.15, 0.2) is 16.3 Å². The van der Waals surface area contributed by atoms with Gasteiger partial charge in [-0.3, -0.25) is 0 Å². The fourth-order valence-electron chi connectivity index (χ4n) is 0.630. The highest BCUT2D eigenvalue weighted by Gasteiger charge is 2.27. The van der Waals surface area contributed by atoms with E-state index < -0.39 is 5.97 Å². The molecule has 3 N–H and O–H groups in total. The highest BCUT2D eigenvalue weighted by molar-refractivity contribution is 7.96. The van der Waals surface area contributed by atoms with E-state index in [1.807, 2.05) is 0 Å². The van der Waals surface area contributed by atoms with Gasteiger partial charge in [0, 0.05) is 4.21 Å². The Morgan fingerprint density at radius 3 is 2.91 bits per heavy atom. The molecule has 1 heterocycles. The van der Waals surface area contributed by atoms with Gasteiger partial charge in [-0.2, -0.15) is 10.9 Å². The van der Waals surface area contributed by atoms with Crippen LogP contribution in [0.4, 0.5) is 0 Å². The van der Waals surface area contributed by atoms with E-state index in [0.29, 0.717) is 0 Å². The summed E-state index contributed by atoms with van der Waals surface area (Å²) < 4.78 is 1.27. The van der Waals surface area contributed by atoms with Crippen LogP contribution in [0.2, 0.25) is 0 Å². The Morgan fingerprint density at radius 2 is 2.64 bits per heavy atom. The van der Waals surface area contributed by atoms with Gasteiger partial charge in [0.2, 0.25) is 0 Å². The molecule has 0 bridgehead atoms. The fraction of sp³-hybridized carbons (Fsp3) is 0.250. The highest BCUT2D eigenvalue weighted by atomic mass is 32.2. The van der Waals surface area contributed by atoms with E-state index in [1.54, 1.807) is 7.05 Å². The maximum atomic E-state index is 10.4. The average Bonchev–Trinajstić information content (AvgIpc) is 2.30. The molecule has 0 spiro atoms. The predicted molar refractivity (Wildman–Crippen MR) is 37.9 cm³/mol. The standard InChI is InChI=1S/C4H6N4O2S/c1-7-3(4(9)10)2-11-8(7)6-5/h2,5H,1H3,(H,9,10)/p+1. The van der Waals surface area contributed by atoms with Gasteiger partial charge in [-0.05, 0) is 0 Å². The summed E-state index contributed by atoms with van der Waals surface area (Å²) in [6, 6.07) is 0. The largest absolute Gasteiger partial charge is 0.476 e. The summed E-state index contributed by atoms with van der Waals surface area (Å²) in [4.78, 5) is 10.4. The van der Waals surface area contributed by atoms with Gasteiger partial charge >= 0.3 is 5.97 Å². The van der Waals surface area contributed by atoms with Gasteiger partial charge in [-0.25, -0.2) is 4.79 Å². The number of nitrogens with zero attached hydrogens (tertiary/aromatic N) is 3. The number of carboxylic acid groups (broad SMARTS) is 1. The van der Waals surface area contributed by atoms with E-state index in [9.17, 15) is 4.79 Å². The predicted octanol–water partition coefficient (Wildman–Crippen LogP) is -0.241. The molecule has 11 heavy (non-hydrogen) atoms. The molecular weight excluding hydrogens is 168 g/mol. The maximum absolute atomic E-state index is 10.4. The Hall–Kier alpha value is -1.24. The van der Waals surface area contributed by atoms with Crippen LogP contribution in [0.25, 0.3) is 0 Å². The Morgan fingerprint density at radius 1 is 2.00 bits per heavy atom. The van der Waals surface area contributed by atoms with Gasteiger partial charge in [-0.15, -0.1) is 0 Å². The number of hydrazine groups is 1. The van der Waals surface area contributed by atoms with Gasteiger partial charge in [0.05, 0.1) is 12.5 Å². The summed E-state index contributed by atoms with van der Waals surface area (Å²) >= 11 is 1.11. The van der Waals surface area contributed by atoms with Crippen LogP contribution < -0.4 is 5.84 Å². The van der Waals surface area contributed by atoms with Crippen molar-refractivity contribution in [2.45, 2.75) is 0 Å². The topological polar surface area (TPSA) is 81.9 Å². The number of rotatable bonds is 1. The Balaban J connectivity index is 2.82. The lowest BCUT2D eigenvalue weighted by atomic mass is 10.5. The molecule has 0 fully saturated rings. The van der Waals surface area contributed by atoms with Crippen LogP contribution in [0, 0.1) is 0 Å². The van der Waals surface area contributed by atoms with E-state index in [0.717, 1.165) is 11.9 Å². The average molecular weight is 175 g/mol. The Bertz CT molecular complexity index is 248. The van der Waals surface area contributed by atoms with E-state index in [-0.39, 0.29) is 5.70 Å². The van der Waals surface area contributed by atoms with Crippen molar-refractivity contribution in [3.63, 3.8) is 0 Å². The molecule has 1 rings (SSSR count). The van der Waals surface area contributed by atoms with Crippen LogP contribution in [0.1, 0.15) is 0 Å². The van der Waals surface area contributed by atoms with Crippen molar-refractivity contribution < 1.29 is 14.1 Å². The van der Waals surface area contributed by atoms with Crippen molar-refractivity contribution in [3.8, 4) is 0 Å². The lowest BCUT2D eigenvalue weighted by molar-refractivity contribution is -0.585. The minimum absolute atomic E-state index is 0.157. The second-order valence-corrected chi connectivity index (χ2v) is 2.58. The van der Waals surface area contributed by atoms with Crippen molar-refractivity contribution in [2.24, 2.45) is 11.1 Å². The minimum Gasteiger partial charge on any atom is -0.476 e. The molecule has 6 nitrogen and oxygen atoms in total. The van der Waals surface area contributed by atoms with E-state index >= 15 is 0 Å². The lowest BCUT2D eigenvalue weighted by Crippen LogP contribution is -2.25. The molecule has 0 aromatic heterocycles. The molecule has 0 radical (unpaired) electrons. The summed E-state index contributed by atoms with van der Waals surface area (Å²) in [5, 5.41) is 14.7. The number of aliphatic carboxylic acids is 1. The number of hydrogen-bond donors (Lipinski definition) is 2. The summed E-state index contributed by atoms with van der Waals surface area (Å²) in [6.07, 6.45) is 0. The van der Waals surface area contributed by atoms with E-state index in [1.165, 1.54) is 14.6 Å². The van der Waals surface area contributed by atoms with Gasteiger partial charge < -0.3 is 5.11 Å². The molecule has 0 aliphatic carbocycles. The third-order valence-corrected chi connectivity index (χ3v) is 2.04. The smallest absolute Gasteiger partial charge is 0.356 e. The monoisotopic (exact) mass is 175 g/mol. The molecular formula is C4H7N4O2S+. The maximum Gasteiger partial charge on any atom is 0.356 e. The number of nitrogens with two attached hydrogens (primary N) is 1. The van der Waals surface area contributed by atoms with Gasteiger partial charge in [0.25, 0.3) is 0 Å². The summed E-state index contributed by atoms with van der Waals surface area (Å²) in [7, 11) is 1.57. The second-order valence-electron chi connectivity index (χ2n) is 1.81. The Kier molecular flexibility index (Phi) is 1.99. The third-order valence-electron chi connectivity index (χ3n) is 1.18. The van der Waals surface area contributed by atoms with Crippen molar-refractivity contribution in [1.82, 2.24) is 5.01 Å². The first-order chi connectivity index (χ1) is 5.16. The zero-order chi connectivity index (χ0) is 8.43. The molecule has 0 unspecified atom stereocenters. The molecule has 0 saturated heterocycles. The Labute approximate surface area is 67.0 Å². The number of hydrogen-bond acceptors (Lipinski definition) is 3. The molecule has 60 valence electrons. The van der Waals surface area contributed by atoms with E-state index in [2.05, 4.69) is 5.22 Å². The molecule has 0 saturated carbocycles. The van der Waals surface area contributed by atoms with Crippen molar-refractivity contribution in [3.05, 3.63) is 11.1 Å². The first-order valence-corrected chi connectivity index (χ1v) is 3.55. The lowest BCUT2D eigenvalue weighted by Gasteiger charge is -2.06. The van der Waals surface area contributed by atoms with Crippen LogP contribution in [0.5, 0.6) is 0 Å².